The molecule has 3 amide bonds. The number of urea groups is 1. The second kappa shape index (κ2) is 8.11. The van der Waals surface area contributed by atoms with E-state index >= 15 is 0 Å². The van der Waals surface area contributed by atoms with E-state index in [0.717, 1.165) is 11.1 Å². The van der Waals surface area contributed by atoms with E-state index in [1.165, 1.54) is 21.9 Å². The van der Waals surface area contributed by atoms with Crippen LogP contribution in [-0.4, -0.2) is 61.5 Å². The lowest BCUT2D eigenvalue weighted by Crippen LogP contribution is -2.69. The van der Waals surface area contributed by atoms with Crippen LogP contribution in [0.3, 0.4) is 0 Å². The fourth-order valence-corrected chi connectivity index (χ4v) is 5.46. The molecule has 10 heteroatoms. The number of nitrogens with zero attached hydrogens (tertiary/aromatic N) is 3. The summed E-state index contributed by atoms with van der Waals surface area (Å²) in [5.41, 5.74) is 2.15. The number of benzene rings is 1. The zero-order valence-electron chi connectivity index (χ0n) is 17.5. The zero-order chi connectivity index (χ0) is 23.3. The number of aromatic hydroxyl groups is 1. The highest BCUT2D eigenvalue weighted by Crippen LogP contribution is 2.50. The third kappa shape index (κ3) is 3.50. The summed E-state index contributed by atoms with van der Waals surface area (Å²) in [5.74, 6) is -1.48. The molecule has 5 rings (SSSR count). The van der Waals surface area contributed by atoms with Gasteiger partial charge in [0.1, 0.15) is 17.5 Å². The van der Waals surface area contributed by atoms with Crippen molar-refractivity contribution >= 4 is 30.5 Å². The predicted molar refractivity (Wildman–Crippen MR) is 120 cm³/mol. The number of rotatable bonds is 5. The van der Waals surface area contributed by atoms with Crippen LogP contribution in [0.15, 0.2) is 60.1 Å². The van der Waals surface area contributed by atoms with E-state index in [2.05, 4.69) is 22.9 Å². The maximum absolute atomic E-state index is 13.0. The number of carbonyl (C=O) groups is 3. The van der Waals surface area contributed by atoms with Gasteiger partial charge in [-0.3, -0.25) is 14.7 Å². The Morgan fingerprint density at radius 1 is 1.18 bits per heavy atom. The molecule has 0 radical (unpaired) electrons. The number of aromatic nitrogens is 1. The van der Waals surface area contributed by atoms with Crippen molar-refractivity contribution in [2.24, 2.45) is 5.92 Å². The average molecular weight is 467 g/mol. The normalized spacial score (nSPS) is 24.3. The van der Waals surface area contributed by atoms with Gasteiger partial charge in [0.05, 0.1) is 11.3 Å². The summed E-state index contributed by atoms with van der Waals surface area (Å²) < 4.78 is 0. The molecule has 170 valence electrons. The summed E-state index contributed by atoms with van der Waals surface area (Å²) in [6.45, 7) is 0.604. The minimum Gasteiger partial charge on any atom is -0.508 e. The molecule has 1 aromatic heterocycles. The summed E-state index contributed by atoms with van der Waals surface area (Å²) >= 11 is 4.68. The topological polar surface area (TPSA) is 123 Å². The number of likely N-dealkylation sites (tertiary alicyclic amines) is 1. The van der Waals surface area contributed by atoms with Gasteiger partial charge in [-0.25, -0.2) is 9.59 Å². The van der Waals surface area contributed by atoms with Crippen molar-refractivity contribution in [3.05, 3.63) is 71.2 Å². The molecule has 1 unspecified atom stereocenters. The lowest BCUT2D eigenvalue weighted by Gasteiger charge is -2.50. The largest absolute Gasteiger partial charge is 0.508 e. The number of aliphatic carboxylic acids is 1. The van der Waals surface area contributed by atoms with Crippen LogP contribution in [0.4, 0.5) is 4.79 Å². The molecule has 3 aliphatic heterocycles. The van der Waals surface area contributed by atoms with Gasteiger partial charge in [0.25, 0.3) is 5.91 Å². The van der Waals surface area contributed by atoms with E-state index in [4.69, 9.17) is 0 Å². The van der Waals surface area contributed by atoms with E-state index in [1.54, 1.807) is 36.7 Å². The van der Waals surface area contributed by atoms with E-state index < -0.39 is 17.3 Å². The molecule has 0 bridgehead atoms. The third-order valence-corrected chi connectivity index (χ3v) is 7.19. The molecule has 33 heavy (non-hydrogen) atoms. The first-order chi connectivity index (χ1) is 15.9. The molecule has 1 aromatic carbocycles. The molecule has 2 saturated heterocycles. The quantitative estimate of drug-likeness (QED) is 0.394. The Morgan fingerprint density at radius 2 is 1.88 bits per heavy atom. The van der Waals surface area contributed by atoms with Crippen molar-refractivity contribution in [2.75, 3.05) is 6.54 Å². The smallest absolute Gasteiger partial charge is 0.352 e. The van der Waals surface area contributed by atoms with Crippen molar-refractivity contribution in [2.45, 2.75) is 30.3 Å². The number of phenols is 1. The standard InChI is InChI=1S/C23H22N4O5S/c28-15-3-1-12(2-4-15)10-25-23(32)26-11-14-9-16(20(33)13-5-7-24-8-6-13)18(22(30)31)27-17(14)19(26)21(27)29/h1-8,14,17,19-20,28,33H,9-11H2,(H,25,32)(H,30,31)/t14-,17-,19+,20?/m1/s1. The van der Waals surface area contributed by atoms with Crippen LogP contribution in [-0.2, 0) is 16.1 Å². The lowest BCUT2D eigenvalue weighted by molar-refractivity contribution is -0.155. The van der Waals surface area contributed by atoms with Gasteiger partial charge in [-0.1, -0.05) is 12.1 Å². The molecular formula is C23H22N4O5S. The summed E-state index contributed by atoms with van der Waals surface area (Å²) in [7, 11) is 0. The number of β-lactam (4-membered cyclic amide) rings is 1. The molecule has 0 spiro atoms. The first-order valence-electron chi connectivity index (χ1n) is 10.6. The Kier molecular flexibility index (Phi) is 5.24. The van der Waals surface area contributed by atoms with E-state index in [0.29, 0.717) is 18.5 Å². The van der Waals surface area contributed by atoms with Gasteiger partial charge in [0, 0.05) is 31.4 Å². The molecule has 4 heterocycles. The Bertz CT molecular complexity index is 1150. The number of nitrogens with one attached hydrogen (secondary N) is 1. The predicted octanol–water partition coefficient (Wildman–Crippen LogP) is 1.92. The minimum absolute atomic E-state index is 0.0272. The Balaban J connectivity index is 1.36. The Hall–Kier alpha value is -3.53. The van der Waals surface area contributed by atoms with Crippen LogP contribution in [0, 0.1) is 5.92 Å². The van der Waals surface area contributed by atoms with Crippen LogP contribution in [0.25, 0.3) is 0 Å². The summed E-state index contributed by atoms with van der Waals surface area (Å²) in [6, 6.07) is 8.66. The third-order valence-electron chi connectivity index (χ3n) is 6.58. The van der Waals surface area contributed by atoms with Crippen molar-refractivity contribution in [1.29, 1.82) is 0 Å². The highest BCUT2D eigenvalue weighted by atomic mass is 32.1. The van der Waals surface area contributed by atoms with Gasteiger partial charge in [-0.2, -0.15) is 12.6 Å². The fraction of sp³-hybridized carbons (Fsp3) is 0.304. The number of hydrogen-bond acceptors (Lipinski definition) is 6. The lowest BCUT2D eigenvalue weighted by atomic mass is 9.78. The molecular weight excluding hydrogens is 444 g/mol. The molecule has 3 N–H and O–H groups in total. The maximum Gasteiger partial charge on any atom is 0.352 e. The van der Waals surface area contributed by atoms with Crippen molar-refractivity contribution in [1.82, 2.24) is 20.1 Å². The zero-order valence-corrected chi connectivity index (χ0v) is 18.4. The summed E-state index contributed by atoms with van der Waals surface area (Å²) in [4.78, 5) is 45.0. The second-order valence-corrected chi connectivity index (χ2v) is 8.96. The highest BCUT2D eigenvalue weighted by Gasteiger charge is 2.64. The van der Waals surface area contributed by atoms with Crippen molar-refractivity contribution in [3.63, 3.8) is 0 Å². The van der Waals surface area contributed by atoms with Crippen molar-refractivity contribution < 1.29 is 24.6 Å². The van der Waals surface area contributed by atoms with Gasteiger partial charge >= 0.3 is 12.0 Å². The molecule has 2 aromatic rings. The van der Waals surface area contributed by atoms with Crippen molar-refractivity contribution in [3.8, 4) is 5.75 Å². The number of carboxylic acids is 1. The van der Waals surface area contributed by atoms with Crippen LogP contribution < -0.4 is 5.32 Å². The maximum atomic E-state index is 13.0. The van der Waals surface area contributed by atoms with Gasteiger partial charge in [0.2, 0.25) is 0 Å². The number of carboxylic acid groups (broad SMARTS) is 1. The molecule has 2 fully saturated rings. The number of carbonyl (C=O) groups excluding carboxylic acids is 2. The van der Waals surface area contributed by atoms with Gasteiger partial charge in [-0.15, -0.1) is 0 Å². The van der Waals surface area contributed by atoms with Crippen LogP contribution >= 0.6 is 12.6 Å². The van der Waals surface area contributed by atoms with Crippen LogP contribution in [0.5, 0.6) is 5.75 Å². The van der Waals surface area contributed by atoms with Crippen LogP contribution in [0.2, 0.25) is 0 Å². The minimum atomic E-state index is -1.17. The van der Waals surface area contributed by atoms with Gasteiger partial charge in [0.15, 0.2) is 0 Å². The number of hydrogen-bond donors (Lipinski definition) is 4. The highest BCUT2D eigenvalue weighted by molar-refractivity contribution is 7.80. The summed E-state index contributed by atoms with van der Waals surface area (Å²) in [5, 5.41) is 21.7. The first kappa shape index (κ1) is 21.3. The number of pyridine rings is 1. The van der Waals surface area contributed by atoms with E-state index in [1.807, 2.05) is 0 Å². The molecule has 4 atom stereocenters. The molecule has 0 saturated carbocycles. The van der Waals surface area contributed by atoms with E-state index in [-0.39, 0.29) is 41.9 Å². The SMILES string of the molecule is O=C(O)C1=C(C(S)c2ccncc2)C[C@@H]2CN(C(=O)NCc3ccc(O)cc3)[C@@H]3C(=O)N1[C@H]23. The number of thiol groups is 1. The van der Waals surface area contributed by atoms with Gasteiger partial charge < -0.3 is 20.4 Å². The Labute approximate surface area is 195 Å². The van der Waals surface area contributed by atoms with E-state index in [9.17, 15) is 24.6 Å². The van der Waals surface area contributed by atoms with Crippen LogP contribution in [0.1, 0.15) is 22.8 Å². The monoisotopic (exact) mass is 466 g/mol. The van der Waals surface area contributed by atoms with Gasteiger partial charge in [-0.05, 0) is 47.4 Å². The second-order valence-electron chi connectivity index (χ2n) is 8.45. The summed E-state index contributed by atoms with van der Waals surface area (Å²) in [6.07, 6.45) is 3.67. The Morgan fingerprint density at radius 3 is 2.55 bits per heavy atom. The first-order valence-corrected chi connectivity index (χ1v) is 11.1. The number of amides is 3. The fourth-order valence-electron chi connectivity index (χ4n) is 5.06. The molecule has 9 nitrogen and oxygen atoms in total. The average Bonchev–Trinajstić information content (AvgIpc) is 3.19. The number of phenolic OH excluding ortho intramolecular Hbond substituents is 1. The molecule has 0 aliphatic carbocycles. The molecule has 3 aliphatic rings.